The van der Waals surface area contributed by atoms with E-state index in [0.717, 1.165) is 32.5 Å². The van der Waals surface area contributed by atoms with Crippen LogP contribution in [0.5, 0.6) is 0 Å². The SMILES string of the molecule is Nc1ncnc2c1ncn2[C@@H]1O[C@H](COP(=O)(O)OP(=O)(O)OP(=O)(O)O)[C@@H](O)[C@H]1O.O=S(=O)(O)CCN1CCN(CCO)CC1. The van der Waals surface area contributed by atoms with Gasteiger partial charge in [-0.1, -0.05) is 0 Å². The summed E-state index contributed by atoms with van der Waals surface area (Å²) in [7, 11) is -20.5. The van der Waals surface area contributed by atoms with Crippen molar-refractivity contribution in [1.82, 2.24) is 29.3 Å². The van der Waals surface area contributed by atoms with Gasteiger partial charge < -0.3 is 45.4 Å². The zero-order valence-electron chi connectivity index (χ0n) is 23.6. The van der Waals surface area contributed by atoms with Crippen LogP contribution >= 0.6 is 23.5 Å². The minimum Gasteiger partial charge on any atom is -0.395 e. The fourth-order valence-electron chi connectivity index (χ4n) is 4.25. The molecule has 2 aromatic heterocycles. The van der Waals surface area contributed by atoms with Crippen molar-refractivity contribution in [2.75, 3.05) is 64.0 Å². The van der Waals surface area contributed by atoms with Crippen molar-refractivity contribution in [2.24, 2.45) is 0 Å². The molecule has 4 heterocycles. The molecular formula is C18H34N7O17P3S. The number of nitrogens with zero attached hydrogens (tertiary/aromatic N) is 6. The van der Waals surface area contributed by atoms with E-state index in [-0.39, 0.29) is 29.3 Å². The molecular weight excluding hydrogens is 711 g/mol. The number of β-amino-alcohol motifs (C(OH)–C–C–N with tert-alkyl or cyclic N) is 1. The van der Waals surface area contributed by atoms with E-state index >= 15 is 0 Å². The predicted molar refractivity (Wildman–Crippen MR) is 152 cm³/mol. The van der Waals surface area contributed by atoms with Crippen LogP contribution in [0.15, 0.2) is 12.7 Å². The van der Waals surface area contributed by atoms with E-state index < -0.39 is 64.7 Å². The molecule has 2 aliphatic heterocycles. The number of aromatic nitrogens is 4. The third-order valence-corrected chi connectivity index (χ3v) is 10.9. The highest BCUT2D eigenvalue weighted by molar-refractivity contribution is 7.85. The van der Waals surface area contributed by atoms with Gasteiger partial charge in [-0.15, -0.1) is 0 Å². The number of hydrogen-bond acceptors (Lipinski definition) is 18. The number of anilines is 1. The lowest BCUT2D eigenvalue weighted by atomic mass is 10.1. The van der Waals surface area contributed by atoms with Crippen molar-refractivity contribution in [2.45, 2.75) is 24.5 Å². The van der Waals surface area contributed by atoms with Gasteiger partial charge in [0.25, 0.3) is 10.1 Å². The van der Waals surface area contributed by atoms with Crippen molar-refractivity contribution in [3.05, 3.63) is 12.7 Å². The van der Waals surface area contributed by atoms with Crippen LogP contribution in [-0.2, 0) is 41.7 Å². The maximum atomic E-state index is 11.8. The first-order valence-electron chi connectivity index (χ1n) is 12.9. The first-order chi connectivity index (χ1) is 21.2. The second-order valence-corrected chi connectivity index (χ2v) is 15.7. The normalized spacial score (nSPS) is 25.9. The molecule has 2 aliphatic rings. The highest BCUT2D eigenvalue weighted by atomic mass is 32.2. The van der Waals surface area contributed by atoms with Crippen LogP contribution in [0.2, 0.25) is 0 Å². The van der Waals surface area contributed by atoms with Crippen molar-refractivity contribution < 1.29 is 79.4 Å². The molecule has 6 atom stereocenters. The minimum absolute atomic E-state index is 0.0426. The standard InChI is InChI=1S/C10H16N5O13P3.C8H18N2O4S/c11-8-5-9(13-2-12-8)15(3-14-5)10-7(17)6(16)4(26-10)1-25-30(21,22)28-31(23,24)27-29(18,19)20;11-7-5-9-1-3-10(4-2-9)6-8-15(12,13)14/h2-4,6-7,10,16-17H,1H2,(H,21,22)(H,23,24)(H2,11,12,13)(H2,18,19,20);11H,1-8H2,(H,12,13,14)/t4-,6-,7-,10-;/m1./s1. The molecule has 46 heavy (non-hydrogen) atoms. The van der Waals surface area contributed by atoms with E-state index in [9.17, 15) is 37.2 Å². The molecule has 0 spiro atoms. The maximum Gasteiger partial charge on any atom is 0.490 e. The van der Waals surface area contributed by atoms with Gasteiger partial charge in [-0.3, -0.25) is 23.4 Å². The Labute approximate surface area is 260 Å². The number of phosphoric ester groups is 1. The Kier molecular flexibility index (Phi) is 13.3. The third kappa shape index (κ3) is 11.8. The van der Waals surface area contributed by atoms with Crippen LogP contribution in [0.3, 0.4) is 0 Å². The summed E-state index contributed by atoms with van der Waals surface area (Å²) in [6.07, 6.45) is -3.69. The summed E-state index contributed by atoms with van der Waals surface area (Å²) in [5.41, 5.74) is 6.00. The average molecular weight is 745 g/mol. The van der Waals surface area contributed by atoms with E-state index in [4.69, 9.17) is 34.8 Å². The molecule has 2 fully saturated rings. The van der Waals surface area contributed by atoms with Crippen LogP contribution in [0, 0.1) is 0 Å². The van der Waals surface area contributed by atoms with Gasteiger partial charge in [0.2, 0.25) is 0 Å². The van der Waals surface area contributed by atoms with Crippen molar-refractivity contribution in [1.29, 1.82) is 0 Å². The van der Waals surface area contributed by atoms with Gasteiger partial charge in [0, 0.05) is 39.3 Å². The van der Waals surface area contributed by atoms with E-state index in [2.05, 4.69) is 33.0 Å². The van der Waals surface area contributed by atoms with E-state index in [1.54, 1.807) is 0 Å². The summed E-state index contributed by atoms with van der Waals surface area (Å²) in [6.45, 7) is 3.51. The van der Waals surface area contributed by atoms with Crippen LogP contribution < -0.4 is 5.73 Å². The average Bonchev–Trinajstić information content (AvgIpc) is 3.47. The predicted octanol–water partition coefficient (Wildman–Crippen LogP) is -3.14. The van der Waals surface area contributed by atoms with Gasteiger partial charge in [-0.25, -0.2) is 28.6 Å². The number of imidazole rings is 1. The Morgan fingerprint density at radius 1 is 0.935 bits per heavy atom. The number of rotatable bonds is 13. The number of nitrogen functional groups attached to an aromatic ring is 1. The number of nitrogens with two attached hydrogens (primary N) is 1. The summed E-state index contributed by atoms with van der Waals surface area (Å²) in [6, 6.07) is 0. The molecule has 0 saturated carbocycles. The van der Waals surface area contributed by atoms with Gasteiger partial charge in [0.1, 0.15) is 30.2 Å². The summed E-state index contributed by atoms with van der Waals surface area (Å²) >= 11 is 0. The van der Waals surface area contributed by atoms with E-state index in [1.165, 1.54) is 10.9 Å². The Balaban J connectivity index is 0.000000322. The second-order valence-electron chi connectivity index (χ2n) is 9.71. The number of fused-ring (bicyclic) bond motifs is 1. The van der Waals surface area contributed by atoms with Gasteiger partial charge in [-0.2, -0.15) is 17.0 Å². The number of piperazine rings is 1. The lowest BCUT2D eigenvalue weighted by Gasteiger charge is -2.33. The van der Waals surface area contributed by atoms with Crippen molar-refractivity contribution in [3.63, 3.8) is 0 Å². The number of hydrogen-bond donors (Lipinski definition) is 9. The third-order valence-electron chi connectivity index (χ3n) is 6.36. The van der Waals surface area contributed by atoms with E-state index in [0.29, 0.717) is 13.1 Å². The van der Waals surface area contributed by atoms with Gasteiger partial charge in [0.05, 0.1) is 25.3 Å². The first kappa shape index (κ1) is 38.9. The quantitative estimate of drug-likeness (QED) is 0.0722. The lowest BCUT2D eigenvalue weighted by Crippen LogP contribution is -2.48. The van der Waals surface area contributed by atoms with Gasteiger partial charge in [0.15, 0.2) is 17.7 Å². The molecule has 0 aliphatic carbocycles. The molecule has 28 heteroatoms. The Bertz CT molecular complexity index is 1570. The Morgan fingerprint density at radius 3 is 2.11 bits per heavy atom. The topological polar surface area (TPSA) is 360 Å². The number of aliphatic hydroxyl groups excluding tert-OH is 3. The molecule has 4 rings (SSSR count). The molecule has 0 bridgehead atoms. The lowest BCUT2D eigenvalue weighted by molar-refractivity contribution is -0.0503. The molecule has 0 radical (unpaired) electrons. The first-order valence-corrected chi connectivity index (χ1v) is 19.1. The molecule has 10 N–H and O–H groups in total. The summed E-state index contributed by atoms with van der Waals surface area (Å²) < 4.78 is 81.5. The molecule has 24 nitrogen and oxygen atoms in total. The fraction of sp³-hybridized carbons (Fsp3) is 0.722. The number of ether oxygens (including phenoxy) is 1. The highest BCUT2D eigenvalue weighted by Gasteiger charge is 2.47. The fourth-order valence-corrected chi connectivity index (χ4v) is 7.77. The van der Waals surface area contributed by atoms with Crippen LogP contribution in [-0.4, -0.2) is 154 Å². The molecule has 2 saturated heterocycles. The number of aliphatic hydroxyl groups is 3. The molecule has 2 unspecified atom stereocenters. The van der Waals surface area contributed by atoms with Crippen LogP contribution in [0.4, 0.5) is 5.82 Å². The van der Waals surface area contributed by atoms with Gasteiger partial charge >= 0.3 is 23.5 Å². The largest absolute Gasteiger partial charge is 0.490 e. The highest BCUT2D eigenvalue weighted by Crippen LogP contribution is 2.66. The molecule has 0 aromatic carbocycles. The Morgan fingerprint density at radius 2 is 1.54 bits per heavy atom. The number of phosphoric acid groups is 3. The van der Waals surface area contributed by atoms with Gasteiger partial charge in [-0.05, 0) is 0 Å². The van der Waals surface area contributed by atoms with Crippen LogP contribution in [0.25, 0.3) is 11.2 Å². The zero-order chi connectivity index (χ0) is 34.5. The molecule has 264 valence electrons. The Hall–Kier alpha value is -1.57. The smallest absolute Gasteiger partial charge is 0.395 e. The maximum absolute atomic E-state index is 11.8. The summed E-state index contributed by atoms with van der Waals surface area (Å²) in [5.74, 6) is -0.159. The molecule has 0 amide bonds. The van der Waals surface area contributed by atoms with Crippen molar-refractivity contribution in [3.8, 4) is 0 Å². The molecule has 2 aromatic rings. The van der Waals surface area contributed by atoms with Crippen LogP contribution in [0.1, 0.15) is 6.23 Å². The van der Waals surface area contributed by atoms with Crippen molar-refractivity contribution >= 4 is 50.6 Å². The second kappa shape index (κ2) is 15.8. The van der Waals surface area contributed by atoms with E-state index in [1.807, 2.05) is 4.90 Å². The zero-order valence-corrected chi connectivity index (χ0v) is 27.1. The summed E-state index contributed by atoms with van der Waals surface area (Å²) in [5, 5.41) is 29.1. The monoisotopic (exact) mass is 745 g/mol. The minimum atomic E-state index is -5.70. The summed E-state index contributed by atoms with van der Waals surface area (Å²) in [4.78, 5) is 51.4.